The Morgan fingerprint density at radius 1 is 1.26 bits per heavy atom. The zero-order valence-corrected chi connectivity index (χ0v) is 13.4. The summed E-state index contributed by atoms with van der Waals surface area (Å²) < 4.78 is 9.89. The minimum atomic E-state index is -1.34. The van der Waals surface area contributed by atoms with E-state index in [9.17, 15) is 19.5 Å². The molecule has 1 aliphatic heterocycles. The number of aromatic carboxylic acids is 1. The van der Waals surface area contributed by atoms with Gasteiger partial charge in [0.15, 0.2) is 5.57 Å². The number of cyclic esters (lactones) is 2. The monoisotopic (exact) mass is 339 g/mol. The third kappa shape index (κ3) is 3.45. The molecule has 0 aromatic heterocycles. The average Bonchev–Trinajstić information content (AvgIpc) is 2.40. The maximum atomic E-state index is 11.8. The van der Waals surface area contributed by atoms with Gasteiger partial charge in [-0.1, -0.05) is 11.6 Å². The van der Waals surface area contributed by atoms with E-state index in [-0.39, 0.29) is 16.8 Å². The van der Waals surface area contributed by atoms with Crippen molar-refractivity contribution < 1.29 is 29.0 Å². The van der Waals surface area contributed by atoms with Gasteiger partial charge in [0.25, 0.3) is 5.79 Å². The predicted octanol–water partition coefficient (Wildman–Crippen LogP) is 2.48. The molecule has 0 unspecified atom stereocenters. The van der Waals surface area contributed by atoms with Crippen LogP contribution in [0.3, 0.4) is 0 Å². The molecule has 0 aliphatic carbocycles. The van der Waals surface area contributed by atoms with E-state index in [1.54, 1.807) is 6.92 Å². The lowest BCUT2D eigenvalue weighted by atomic mass is 10.1. The molecule has 0 amide bonds. The number of hydrogen-bond donors (Lipinski definition) is 2. The molecule has 23 heavy (non-hydrogen) atoms. The highest BCUT2D eigenvalue weighted by Crippen LogP contribution is 2.29. The van der Waals surface area contributed by atoms with E-state index >= 15 is 0 Å². The largest absolute Gasteiger partial charge is 0.478 e. The van der Waals surface area contributed by atoms with E-state index in [0.717, 1.165) is 6.20 Å². The number of anilines is 1. The number of carbonyl (C=O) groups is 3. The lowest BCUT2D eigenvalue weighted by molar-refractivity contribution is -0.222. The van der Waals surface area contributed by atoms with E-state index in [0.29, 0.717) is 10.6 Å². The fourth-order valence-corrected chi connectivity index (χ4v) is 2.13. The Morgan fingerprint density at radius 3 is 2.35 bits per heavy atom. The molecular formula is C15H14ClNO6. The maximum absolute atomic E-state index is 11.8. The molecule has 0 spiro atoms. The fourth-order valence-electron chi connectivity index (χ4n) is 1.97. The molecule has 0 saturated carbocycles. The number of carboxylic acid groups (broad SMARTS) is 1. The molecule has 1 heterocycles. The summed E-state index contributed by atoms with van der Waals surface area (Å²) in [7, 11) is 0. The normalized spacial score (nSPS) is 16.4. The second-order valence-corrected chi connectivity index (χ2v) is 5.69. The second kappa shape index (κ2) is 5.92. The highest BCUT2D eigenvalue weighted by Gasteiger charge is 2.39. The molecule has 1 fully saturated rings. The van der Waals surface area contributed by atoms with Crippen LogP contribution in [0.5, 0.6) is 0 Å². The van der Waals surface area contributed by atoms with Crippen molar-refractivity contribution in [2.45, 2.75) is 26.6 Å². The third-order valence-corrected chi connectivity index (χ3v) is 3.52. The van der Waals surface area contributed by atoms with E-state index in [2.05, 4.69) is 5.32 Å². The van der Waals surface area contributed by atoms with Gasteiger partial charge in [0, 0.05) is 25.1 Å². The first-order valence-electron chi connectivity index (χ1n) is 6.58. The Morgan fingerprint density at radius 2 is 1.83 bits per heavy atom. The molecule has 2 rings (SSSR count). The molecule has 0 bridgehead atoms. The number of nitrogens with one attached hydrogen (secondary N) is 1. The number of hydrogen-bond acceptors (Lipinski definition) is 6. The molecule has 2 N–H and O–H groups in total. The number of benzene rings is 1. The zero-order chi connectivity index (χ0) is 17.4. The predicted molar refractivity (Wildman–Crippen MR) is 81.1 cm³/mol. The average molecular weight is 340 g/mol. The summed E-state index contributed by atoms with van der Waals surface area (Å²) in [6.07, 6.45) is 1.05. The van der Waals surface area contributed by atoms with Crippen LogP contribution < -0.4 is 5.32 Å². The molecular weight excluding hydrogens is 326 g/mol. The van der Waals surface area contributed by atoms with Gasteiger partial charge in [-0.05, 0) is 24.6 Å². The molecule has 1 aromatic carbocycles. The smallest absolute Gasteiger partial charge is 0.350 e. The number of esters is 2. The summed E-state index contributed by atoms with van der Waals surface area (Å²) in [5.41, 5.74) is 0.200. The molecule has 0 atom stereocenters. The second-order valence-electron chi connectivity index (χ2n) is 5.28. The topological polar surface area (TPSA) is 102 Å². The molecule has 0 radical (unpaired) electrons. The quantitative estimate of drug-likeness (QED) is 0.495. The first kappa shape index (κ1) is 16.8. The van der Waals surface area contributed by atoms with E-state index < -0.39 is 23.7 Å². The van der Waals surface area contributed by atoms with Crippen LogP contribution in [0.1, 0.15) is 29.8 Å². The fraction of sp³-hybridized carbons (Fsp3) is 0.267. The van der Waals surface area contributed by atoms with Gasteiger partial charge in [-0.15, -0.1) is 0 Å². The van der Waals surface area contributed by atoms with Gasteiger partial charge < -0.3 is 19.9 Å². The number of ether oxygens (including phenoxy) is 2. The highest BCUT2D eigenvalue weighted by molar-refractivity contribution is 6.32. The van der Waals surface area contributed by atoms with Crippen molar-refractivity contribution in [2.75, 3.05) is 5.32 Å². The summed E-state index contributed by atoms with van der Waals surface area (Å²) in [6, 6.07) is 2.77. The molecule has 122 valence electrons. The standard InChI is InChI=1S/C15H14ClNO6/c1-7-10(16)5-4-8(12(18)19)11(7)17-6-9-13(20)22-15(2,3)23-14(9)21/h4-6,17H,1-3H3,(H,18,19). The lowest BCUT2D eigenvalue weighted by Gasteiger charge is -2.29. The Labute approximate surface area is 136 Å². The van der Waals surface area contributed by atoms with Crippen LogP contribution in [0.2, 0.25) is 5.02 Å². The summed E-state index contributed by atoms with van der Waals surface area (Å²) in [5, 5.41) is 12.2. The molecule has 1 aliphatic rings. The minimum absolute atomic E-state index is 0.0541. The van der Waals surface area contributed by atoms with Crippen LogP contribution >= 0.6 is 11.6 Å². The summed E-state index contributed by atoms with van der Waals surface area (Å²) in [6.45, 7) is 4.46. The van der Waals surface area contributed by atoms with Crippen LogP contribution in [-0.2, 0) is 19.1 Å². The van der Waals surface area contributed by atoms with E-state index in [1.807, 2.05) is 0 Å². The zero-order valence-electron chi connectivity index (χ0n) is 12.6. The van der Waals surface area contributed by atoms with Crippen LogP contribution in [0, 0.1) is 6.92 Å². The van der Waals surface area contributed by atoms with Gasteiger partial charge in [0.05, 0.1) is 11.3 Å². The SMILES string of the molecule is Cc1c(Cl)ccc(C(=O)O)c1NC=C1C(=O)OC(C)(C)OC1=O. The first-order chi connectivity index (χ1) is 10.6. The number of carboxylic acids is 1. The van der Waals surface area contributed by atoms with Gasteiger partial charge >= 0.3 is 17.9 Å². The van der Waals surface area contributed by atoms with Crippen molar-refractivity contribution in [1.29, 1.82) is 0 Å². The van der Waals surface area contributed by atoms with E-state index in [4.69, 9.17) is 21.1 Å². The Hall–Kier alpha value is -2.54. The first-order valence-corrected chi connectivity index (χ1v) is 6.96. The van der Waals surface area contributed by atoms with Crippen LogP contribution in [0.4, 0.5) is 5.69 Å². The number of carbonyl (C=O) groups excluding carboxylic acids is 2. The Bertz CT molecular complexity index is 716. The van der Waals surface area contributed by atoms with Gasteiger partial charge in [-0.25, -0.2) is 14.4 Å². The minimum Gasteiger partial charge on any atom is -0.478 e. The van der Waals surface area contributed by atoms with Crippen molar-refractivity contribution in [3.8, 4) is 0 Å². The Balaban J connectivity index is 2.37. The van der Waals surface area contributed by atoms with Gasteiger partial charge in [-0.3, -0.25) is 0 Å². The van der Waals surface area contributed by atoms with Crippen molar-refractivity contribution in [2.24, 2.45) is 0 Å². The van der Waals surface area contributed by atoms with Gasteiger partial charge in [0.1, 0.15) is 0 Å². The van der Waals surface area contributed by atoms with Crippen molar-refractivity contribution in [3.63, 3.8) is 0 Å². The molecule has 7 nitrogen and oxygen atoms in total. The van der Waals surface area contributed by atoms with Crippen LogP contribution in [-0.4, -0.2) is 28.8 Å². The van der Waals surface area contributed by atoms with Crippen molar-refractivity contribution in [1.82, 2.24) is 0 Å². The van der Waals surface area contributed by atoms with E-state index in [1.165, 1.54) is 26.0 Å². The summed E-state index contributed by atoms with van der Waals surface area (Å²) in [5.74, 6) is -4.25. The summed E-state index contributed by atoms with van der Waals surface area (Å²) >= 11 is 5.97. The van der Waals surface area contributed by atoms with Crippen LogP contribution in [0.15, 0.2) is 23.9 Å². The molecule has 8 heteroatoms. The molecule has 1 aromatic rings. The summed E-state index contributed by atoms with van der Waals surface area (Å²) in [4.78, 5) is 34.9. The third-order valence-electron chi connectivity index (χ3n) is 3.11. The van der Waals surface area contributed by atoms with Crippen LogP contribution in [0.25, 0.3) is 0 Å². The molecule has 1 saturated heterocycles. The lowest BCUT2D eigenvalue weighted by Crippen LogP contribution is -2.42. The Kier molecular flexibility index (Phi) is 4.33. The maximum Gasteiger partial charge on any atom is 0.350 e. The number of halogens is 1. The van der Waals surface area contributed by atoms with Gasteiger partial charge in [-0.2, -0.15) is 0 Å². The van der Waals surface area contributed by atoms with Gasteiger partial charge in [0.2, 0.25) is 0 Å². The number of rotatable bonds is 3. The van der Waals surface area contributed by atoms with Crippen molar-refractivity contribution in [3.05, 3.63) is 40.1 Å². The highest BCUT2D eigenvalue weighted by atomic mass is 35.5. The van der Waals surface area contributed by atoms with Crippen molar-refractivity contribution >= 4 is 35.2 Å².